The van der Waals surface area contributed by atoms with Crippen LogP contribution in [-0.2, 0) is 11.1 Å². The fraction of sp³-hybridized carbons (Fsp3) is 0.217. The van der Waals surface area contributed by atoms with Gasteiger partial charge in [0.25, 0.3) is 0 Å². The molecule has 0 saturated carbocycles. The molecule has 140 valence electrons. The highest BCUT2D eigenvalue weighted by Crippen LogP contribution is 2.49. The van der Waals surface area contributed by atoms with Crippen LogP contribution in [0.3, 0.4) is 0 Å². The van der Waals surface area contributed by atoms with Gasteiger partial charge in [-0.25, -0.2) is 0 Å². The molecule has 2 N–H and O–H groups in total. The van der Waals surface area contributed by atoms with Gasteiger partial charge < -0.3 is 15.0 Å². The second-order valence-electron chi connectivity index (χ2n) is 6.58. The SMILES string of the molecule is O=P(c1ccccc1)(c1ccccc1)C(CCCO)NCc1ccccc1. The number of aliphatic hydroxyl groups is 1. The molecule has 0 aliphatic rings. The lowest BCUT2D eigenvalue weighted by Gasteiger charge is -2.30. The van der Waals surface area contributed by atoms with E-state index in [-0.39, 0.29) is 12.4 Å². The quantitative estimate of drug-likeness (QED) is 0.555. The molecule has 0 aromatic heterocycles. The molecule has 0 bridgehead atoms. The van der Waals surface area contributed by atoms with E-state index in [1.165, 1.54) is 0 Å². The molecule has 4 heteroatoms. The van der Waals surface area contributed by atoms with Crippen LogP contribution in [0.5, 0.6) is 0 Å². The number of aliphatic hydroxyl groups excluding tert-OH is 1. The van der Waals surface area contributed by atoms with E-state index in [0.29, 0.717) is 19.4 Å². The lowest BCUT2D eigenvalue weighted by Crippen LogP contribution is -2.36. The predicted molar refractivity (Wildman–Crippen MR) is 113 cm³/mol. The first-order chi connectivity index (χ1) is 13.2. The van der Waals surface area contributed by atoms with Crippen LogP contribution in [0.25, 0.3) is 0 Å². The van der Waals surface area contributed by atoms with E-state index in [9.17, 15) is 9.67 Å². The largest absolute Gasteiger partial charge is 0.396 e. The molecule has 0 aliphatic carbocycles. The molecule has 0 fully saturated rings. The van der Waals surface area contributed by atoms with Crippen molar-refractivity contribution in [1.82, 2.24) is 5.32 Å². The summed E-state index contributed by atoms with van der Waals surface area (Å²) in [6, 6.07) is 29.6. The highest BCUT2D eigenvalue weighted by molar-refractivity contribution is 7.79. The van der Waals surface area contributed by atoms with Crippen molar-refractivity contribution in [2.75, 3.05) is 6.61 Å². The summed E-state index contributed by atoms with van der Waals surface area (Å²) < 4.78 is 14.5. The van der Waals surface area contributed by atoms with Gasteiger partial charge in [-0.15, -0.1) is 0 Å². The van der Waals surface area contributed by atoms with Gasteiger partial charge in [0.05, 0.1) is 5.78 Å². The summed E-state index contributed by atoms with van der Waals surface area (Å²) in [5, 5.41) is 14.6. The Labute approximate surface area is 161 Å². The van der Waals surface area contributed by atoms with E-state index >= 15 is 0 Å². The Morgan fingerprint density at radius 2 is 1.26 bits per heavy atom. The molecule has 0 aliphatic heterocycles. The summed E-state index contributed by atoms with van der Waals surface area (Å²) in [5.74, 6) is -0.241. The number of nitrogens with one attached hydrogen (secondary N) is 1. The monoisotopic (exact) mass is 379 g/mol. The lowest BCUT2D eigenvalue weighted by molar-refractivity contribution is 0.281. The van der Waals surface area contributed by atoms with E-state index in [1.54, 1.807) is 0 Å². The Bertz CT molecular complexity index is 810. The molecule has 1 unspecified atom stereocenters. The molecule has 0 radical (unpaired) electrons. The van der Waals surface area contributed by atoms with Crippen LogP contribution in [0.2, 0.25) is 0 Å². The number of hydrogen-bond acceptors (Lipinski definition) is 3. The van der Waals surface area contributed by atoms with E-state index in [0.717, 1.165) is 16.2 Å². The Balaban J connectivity index is 1.98. The van der Waals surface area contributed by atoms with Gasteiger partial charge in [0, 0.05) is 23.8 Å². The minimum atomic E-state index is -2.92. The maximum atomic E-state index is 14.5. The lowest BCUT2D eigenvalue weighted by atomic mass is 10.2. The van der Waals surface area contributed by atoms with Crippen LogP contribution in [-0.4, -0.2) is 17.5 Å². The first-order valence-electron chi connectivity index (χ1n) is 9.34. The molecule has 0 heterocycles. The third kappa shape index (κ3) is 4.75. The number of benzene rings is 3. The van der Waals surface area contributed by atoms with Crippen LogP contribution in [0.15, 0.2) is 91.0 Å². The van der Waals surface area contributed by atoms with Crippen molar-refractivity contribution in [2.45, 2.75) is 25.2 Å². The predicted octanol–water partition coefficient (Wildman–Crippen LogP) is 3.89. The molecule has 1 atom stereocenters. The smallest absolute Gasteiger partial charge is 0.159 e. The molecule has 3 rings (SSSR count). The highest BCUT2D eigenvalue weighted by Gasteiger charge is 2.35. The second-order valence-corrected chi connectivity index (χ2v) is 9.55. The summed E-state index contributed by atoms with van der Waals surface area (Å²) >= 11 is 0. The second kappa shape index (κ2) is 9.66. The Morgan fingerprint density at radius 3 is 1.74 bits per heavy atom. The maximum Gasteiger partial charge on any atom is 0.159 e. The van der Waals surface area contributed by atoms with Gasteiger partial charge in [0.2, 0.25) is 0 Å². The highest BCUT2D eigenvalue weighted by atomic mass is 31.2. The summed E-state index contributed by atoms with van der Waals surface area (Å²) in [5.41, 5.74) is 1.15. The van der Waals surface area contributed by atoms with Gasteiger partial charge >= 0.3 is 0 Å². The van der Waals surface area contributed by atoms with Gasteiger partial charge in [0.15, 0.2) is 7.14 Å². The van der Waals surface area contributed by atoms with Crippen molar-refractivity contribution < 1.29 is 9.67 Å². The molecular formula is C23H26NO2P. The number of rotatable bonds is 9. The molecule has 3 aromatic carbocycles. The van der Waals surface area contributed by atoms with Gasteiger partial charge in [-0.2, -0.15) is 0 Å². The van der Waals surface area contributed by atoms with E-state index in [4.69, 9.17) is 0 Å². The Hall–Kier alpha value is -2.19. The van der Waals surface area contributed by atoms with Crippen LogP contribution in [0.1, 0.15) is 18.4 Å². The van der Waals surface area contributed by atoms with Crippen LogP contribution >= 0.6 is 7.14 Å². The fourth-order valence-electron chi connectivity index (χ4n) is 3.34. The normalized spacial score (nSPS) is 12.6. The average Bonchev–Trinajstić information content (AvgIpc) is 2.75. The zero-order valence-corrected chi connectivity index (χ0v) is 16.3. The van der Waals surface area contributed by atoms with Crippen LogP contribution in [0, 0.1) is 0 Å². The summed E-state index contributed by atoms with van der Waals surface area (Å²) in [6.45, 7) is 0.730. The first-order valence-corrected chi connectivity index (χ1v) is 11.1. The van der Waals surface area contributed by atoms with E-state index in [1.807, 2.05) is 78.9 Å². The molecule has 3 aromatic rings. The van der Waals surface area contributed by atoms with Gasteiger partial charge in [-0.1, -0.05) is 91.0 Å². The zero-order valence-electron chi connectivity index (χ0n) is 15.4. The average molecular weight is 379 g/mol. The third-order valence-corrected chi connectivity index (χ3v) is 8.19. The Kier molecular flexibility index (Phi) is 7.00. The third-order valence-electron chi connectivity index (χ3n) is 4.74. The van der Waals surface area contributed by atoms with Gasteiger partial charge in [0.1, 0.15) is 0 Å². The van der Waals surface area contributed by atoms with Crippen LogP contribution in [0.4, 0.5) is 0 Å². The molecule has 3 nitrogen and oxygen atoms in total. The topological polar surface area (TPSA) is 49.3 Å². The Morgan fingerprint density at radius 1 is 0.778 bits per heavy atom. The standard InChI is InChI=1S/C23H26NO2P/c25-18-10-17-23(24-19-20-11-4-1-5-12-20)27(26,21-13-6-2-7-14-21)22-15-8-3-9-16-22/h1-9,11-16,23-25H,10,17-19H2. The van der Waals surface area contributed by atoms with E-state index in [2.05, 4.69) is 17.4 Å². The fourth-order valence-corrected chi connectivity index (χ4v) is 6.48. The maximum absolute atomic E-state index is 14.5. The molecule has 0 spiro atoms. The minimum absolute atomic E-state index is 0.0904. The van der Waals surface area contributed by atoms with Crippen molar-refractivity contribution in [3.63, 3.8) is 0 Å². The summed E-state index contributed by atoms with van der Waals surface area (Å²) in [6.07, 6.45) is 1.25. The van der Waals surface area contributed by atoms with Crippen molar-refractivity contribution in [3.05, 3.63) is 96.6 Å². The molecule has 0 saturated heterocycles. The zero-order chi connectivity index (χ0) is 19.0. The van der Waals surface area contributed by atoms with Gasteiger partial charge in [-0.05, 0) is 18.4 Å². The van der Waals surface area contributed by atoms with Crippen LogP contribution < -0.4 is 15.9 Å². The van der Waals surface area contributed by atoms with Crippen molar-refractivity contribution >= 4 is 17.8 Å². The van der Waals surface area contributed by atoms with E-state index < -0.39 is 7.14 Å². The number of hydrogen-bond donors (Lipinski definition) is 2. The summed E-state index contributed by atoms with van der Waals surface area (Å²) in [4.78, 5) is 0. The molecule has 0 amide bonds. The van der Waals surface area contributed by atoms with Crippen molar-refractivity contribution in [3.8, 4) is 0 Å². The van der Waals surface area contributed by atoms with Crippen molar-refractivity contribution in [2.24, 2.45) is 0 Å². The van der Waals surface area contributed by atoms with Gasteiger partial charge in [-0.3, -0.25) is 0 Å². The van der Waals surface area contributed by atoms with Crippen molar-refractivity contribution in [1.29, 1.82) is 0 Å². The molecule has 27 heavy (non-hydrogen) atoms. The first kappa shape index (κ1) is 19.6. The minimum Gasteiger partial charge on any atom is -0.396 e. The summed E-state index contributed by atoms with van der Waals surface area (Å²) in [7, 11) is -2.92. The molecular weight excluding hydrogens is 353 g/mol.